The second kappa shape index (κ2) is 9.20. The Bertz CT molecular complexity index is 608. The zero-order chi connectivity index (χ0) is 16.5. The summed E-state index contributed by atoms with van der Waals surface area (Å²) in [7, 11) is 0. The SMILES string of the molecule is CCOc1ccc(OCCC(=O)OCc2ccc(Br)cc2)cc1. The third-order valence-electron chi connectivity index (χ3n) is 3.02. The molecule has 0 fully saturated rings. The summed E-state index contributed by atoms with van der Waals surface area (Å²) in [6.45, 7) is 3.12. The first kappa shape index (κ1) is 17.3. The predicted molar refractivity (Wildman–Crippen MR) is 91.7 cm³/mol. The molecule has 2 rings (SSSR count). The van der Waals surface area contributed by atoms with E-state index in [4.69, 9.17) is 14.2 Å². The molecule has 0 radical (unpaired) electrons. The number of benzene rings is 2. The van der Waals surface area contributed by atoms with Crippen LogP contribution >= 0.6 is 15.9 Å². The highest BCUT2D eigenvalue weighted by atomic mass is 79.9. The van der Waals surface area contributed by atoms with E-state index in [9.17, 15) is 4.79 Å². The van der Waals surface area contributed by atoms with Crippen molar-refractivity contribution in [3.05, 3.63) is 58.6 Å². The first-order chi connectivity index (χ1) is 11.2. The summed E-state index contributed by atoms with van der Waals surface area (Å²) in [5, 5.41) is 0. The third-order valence-corrected chi connectivity index (χ3v) is 3.55. The normalized spacial score (nSPS) is 10.2. The quantitative estimate of drug-likeness (QED) is 0.640. The van der Waals surface area contributed by atoms with Crippen molar-refractivity contribution in [1.29, 1.82) is 0 Å². The number of rotatable bonds is 8. The van der Waals surface area contributed by atoms with Gasteiger partial charge in [0.2, 0.25) is 0 Å². The average Bonchev–Trinajstić information content (AvgIpc) is 2.56. The highest BCUT2D eigenvalue weighted by molar-refractivity contribution is 9.10. The van der Waals surface area contributed by atoms with Gasteiger partial charge in [-0.15, -0.1) is 0 Å². The van der Waals surface area contributed by atoms with Crippen molar-refractivity contribution in [2.45, 2.75) is 20.0 Å². The van der Waals surface area contributed by atoms with Crippen LogP contribution in [-0.4, -0.2) is 19.2 Å². The van der Waals surface area contributed by atoms with Crippen molar-refractivity contribution in [2.24, 2.45) is 0 Å². The van der Waals surface area contributed by atoms with Gasteiger partial charge in [-0.2, -0.15) is 0 Å². The Labute approximate surface area is 144 Å². The summed E-state index contributed by atoms with van der Waals surface area (Å²) < 4.78 is 17.1. The lowest BCUT2D eigenvalue weighted by Crippen LogP contribution is -2.09. The number of halogens is 1. The molecule has 2 aromatic rings. The monoisotopic (exact) mass is 378 g/mol. The fraction of sp³-hybridized carbons (Fsp3) is 0.278. The van der Waals surface area contributed by atoms with Crippen LogP contribution in [0, 0.1) is 0 Å². The van der Waals surface area contributed by atoms with Gasteiger partial charge in [0.15, 0.2) is 0 Å². The topological polar surface area (TPSA) is 44.8 Å². The van der Waals surface area contributed by atoms with Gasteiger partial charge in [0, 0.05) is 4.47 Å². The summed E-state index contributed by atoms with van der Waals surface area (Å²) in [6.07, 6.45) is 0.212. The molecule has 0 atom stereocenters. The smallest absolute Gasteiger partial charge is 0.309 e. The van der Waals surface area contributed by atoms with Crippen molar-refractivity contribution in [3.8, 4) is 11.5 Å². The Kier molecular flexibility index (Phi) is 6.94. The zero-order valence-corrected chi connectivity index (χ0v) is 14.5. The van der Waals surface area contributed by atoms with Gasteiger partial charge in [-0.1, -0.05) is 28.1 Å². The highest BCUT2D eigenvalue weighted by Gasteiger charge is 2.04. The molecule has 0 bridgehead atoms. The molecule has 122 valence electrons. The van der Waals surface area contributed by atoms with E-state index in [1.807, 2.05) is 55.5 Å². The van der Waals surface area contributed by atoms with Crippen molar-refractivity contribution in [1.82, 2.24) is 0 Å². The number of esters is 1. The van der Waals surface area contributed by atoms with Gasteiger partial charge in [-0.3, -0.25) is 4.79 Å². The minimum absolute atomic E-state index is 0.212. The van der Waals surface area contributed by atoms with E-state index in [-0.39, 0.29) is 25.6 Å². The highest BCUT2D eigenvalue weighted by Crippen LogP contribution is 2.17. The molecule has 5 heteroatoms. The molecule has 0 aliphatic rings. The molecule has 0 aliphatic carbocycles. The molecule has 0 aromatic heterocycles. The van der Waals surface area contributed by atoms with E-state index in [1.165, 1.54) is 0 Å². The van der Waals surface area contributed by atoms with Crippen LogP contribution < -0.4 is 9.47 Å². The van der Waals surface area contributed by atoms with Crippen molar-refractivity contribution in [2.75, 3.05) is 13.2 Å². The van der Waals surface area contributed by atoms with Crippen LogP contribution in [0.2, 0.25) is 0 Å². The maximum absolute atomic E-state index is 11.7. The van der Waals surface area contributed by atoms with Gasteiger partial charge in [0.1, 0.15) is 18.1 Å². The van der Waals surface area contributed by atoms with E-state index in [2.05, 4.69) is 15.9 Å². The Morgan fingerprint density at radius 3 is 2.17 bits per heavy atom. The van der Waals surface area contributed by atoms with Crippen LogP contribution in [0.1, 0.15) is 18.9 Å². The van der Waals surface area contributed by atoms with Gasteiger partial charge < -0.3 is 14.2 Å². The minimum atomic E-state index is -0.279. The Morgan fingerprint density at radius 2 is 1.57 bits per heavy atom. The largest absolute Gasteiger partial charge is 0.494 e. The number of hydrogen-bond acceptors (Lipinski definition) is 4. The fourth-order valence-corrected chi connectivity index (χ4v) is 2.13. The van der Waals surface area contributed by atoms with Crippen molar-refractivity contribution < 1.29 is 19.0 Å². The van der Waals surface area contributed by atoms with Crippen LogP contribution in [0.15, 0.2) is 53.0 Å². The molecule has 0 amide bonds. The molecule has 0 heterocycles. The maximum Gasteiger partial charge on any atom is 0.309 e. The molecule has 4 nitrogen and oxygen atoms in total. The van der Waals surface area contributed by atoms with Gasteiger partial charge in [0.05, 0.1) is 19.6 Å². The van der Waals surface area contributed by atoms with E-state index in [0.717, 1.165) is 15.8 Å². The second-order valence-electron chi connectivity index (χ2n) is 4.79. The fourth-order valence-electron chi connectivity index (χ4n) is 1.87. The zero-order valence-electron chi connectivity index (χ0n) is 13.0. The van der Waals surface area contributed by atoms with E-state index in [0.29, 0.717) is 12.4 Å². The Morgan fingerprint density at radius 1 is 0.957 bits per heavy atom. The standard InChI is InChI=1S/C18H19BrO4/c1-2-21-16-7-9-17(10-8-16)22-12-11-18(20)23-13-14-3-5-15(19)6-4-14/h3-10H,2,11-13H2,1H3. The lowest BCUT2D eigenvalue weighted by atomic mass is 10.2. The number of ether oxygens (including phenoxy) is 3. The van der Waals surface area contributed by atoms with Crippen molar-refractivity contribution in [3.63, 3.8) is 0 Å². The molecular formula is C18H19BrO4. The lowest BCUT2D eigenvalue weighted by Gasteiger charge is -2.08. The van der Waals surface area contributed by atoms with E-state index in [1.54, 1.807) is 0 Å². The van der Waals surface area contributed by atoms with Gasteiger partial charge in [0.25, 0.3) is 0 Å². The van der Waals surface area contributed by atoms with Gasteiger partial charge >= 0.3 is 5.97 Å². The number of carbonyl (C=O) groups is 1. The third kappa shape index (κ3) is 6.32. The molecule has 0 aliphatic heterocycles. The molecule has 23 heavy (non-hydrogen) atoms. The molecule has 0 unspecified atom stereocenters. The number of hydrogen-bond donors (Lipinski definition) is 0. The summed E-state index contributed by atoms with van der Waals surface area (Å²) >= 11 is 3.36. The first-order valence-corrected chi connectivity index (χ1v) is 8.22. The van der Waals surface area contributed by atoms with Gasteiger partial charge in [-0.05, 0) is 48.9 Å². The van der Waals surface area contributed by atoms with Crippen LogP contribution in [0.4, 0.5) is 0 Å². The summed E-state index contributed by atoms with van der Waals surface area (Å²) in [4.78, 5) is 11.7. The average molecular weight is 379 g/mol. The first-order valence-electron chi connectivity index (χ1n) is 7.43. The molecule has 0 spiro atoms. The van der Waals surface area contributed by atoms with E-state index < -0.39 is 0 Å². The predicted octanol–water partition coefficient (Wildman–Crippen LogP) is 4.36. The Hall–Kier alpha value is -2.01. The molecule has 2 aromatic carbocycles. The van der Waals surface area contributed by atoms with Crippen molar-refractivity contribution >= 4 is 21.9 Å². The van der Waals surface area contributed by atoms with Crippen LogP contribution in [-0.2, 0) is 16.1 Å². The summed E-state index contributed by atoms with van der Waals surface area (Å²) in [5.74, 6) is 1.22. The minimum Gasteiger partial charge on any atom is -0.494 e. The van der Waals surface area contributed by atoms with E-state index >= 15 is 0 Å². The van der Waals surface area contributed by atoms with Crippen LogP contribution in [0.25, 0.3) is 0 Å². The molecular weight excluding hydrogens is 360 g/mol. The number of carbonyl (C=O) groups excluding carboxylic acids is 1. The second-order valence-corrected chi connectivity index (χ2v) is 5.71. The molecule has 0 saturated heterocycles. The lowest BCUT2D eigenvalue weighted by molar-refractivity contribution is -0.145. The van der Waals surface area contributed by atoms with Gasteiger partial charge in [-0.25, -0.2) is 0 Å². The summed E-state index contributed by atoms with van der Waals surface area (Å²) in [6, 6.07) is 15.0. The van der Waals surface area contributed by atoms with Crippen LogP contribution in [0.3, 0.4) is 0 Å². The molecule has 0 N–H and O–H groups in total. The Balaban J connectivity index is 1.67. The molecule has 0 saturated carbocycles. The van der Waals surface area contributed by atoms with Crippen LogP contribution in [0.5, 0.6) is 11.5 Å². The maximum atomic E-state index is 11.7. The summed E-state index contributed by atoms with van der Waals surface area (Å²) in [5.41, 5.74) is 0.953.